The summed E-state index contributed by atoms with van der Waals surface area (Å²) < 4.78 is 7.64. The van der Waals surface area contributed by atoms with E-state index < -0.39 is 0 Å². The first-order valence-electron chi connectivity index (χ1n) is 7.61. The van der Waals surface area contributed by atoms with Crippen LogP contribution in [-0.2, 0) is 4.74 Å². The number of hydrogen-bond acceptors (Lipinski definition) is 5. The van der Waals surface area contributed by atoms with Gasteiger partial charge in [0.25, 0.3) is 5.56 Å². The molecule has 2 aromatic heterocycles. The number of benzene rings is 1. The van der Waals surface area contributed by atoms with E-state index in [2.05, 4.69) is 15.3 Å². The number of fused-ring (bicyclic) bond motifs is 1. The molecule has 0 saturated carbocycles. The normalized spacial score (nSPS) is 18.3. The van der Waals surface area contributed by atoms with Crippen molar-refractivity contribution < 1.29 is 4.74 Å². The van der Waals surface area contributed by atoms with E-state index in [1.54, 1.807) is 18.0 Å². The Hall–Kier alpha value is -2.12. The highest BCUT2D eigenvalue weighted by Crippen LogP contribution is 2.30. The van der Waals surface area contributed by atoms with Crippen LogP contribution in [0.4, 0.5) is 0 Å². The van der Waals surface area contributed by atoms with E-state index in [4.69, 9.17) is 4.74 Å². The molecule has 1 unspecified atom stereocenters. The molecule has 0 bridgehead atoms. The van der Waals surface area contributed by atoms with Crippen LogP contribution in [0.15, 0.2) is 51.4 Å². The molecular weight excluding hydrogens is 312 g/mol. The molecular formula is C16H16N4O2S. The third-order valence-corrected chi connectivity index (χ3v) is 4.84. The molecule has 1 fully saturated rings. The van der Waals surface area contributed by atoms with Gasteiger partial charge in [-0.3, -0.25) is 4.79 Å². The van der Waals surface area contributed by atoms with Gasteiger partial charge in [-0.1, -0.05) is 11.8 Å². The van der Waals surface area contributed by atoms with Crippen LogP contribution in [0.25, 0.3) is 10.8 Å². The number of nitrogens with zero attached hydrogens (tertiary/aromatic N) is 3. The van der Waals surface area contributed by atoms with Crippen molar-refractivity contribution in [3.05, 3.63) is 47.1 Å². The zero-order chi connectivity index (χ0) is 15.6. The Labute approximate surface area is 136 Å². The molecule has 0 aliphatic carbocycles. The maximum Gasteiger partial charge on any atom is 0.272 e. The van der Waals surface area contributed by atoms with E-state index in [9.17, 15) is 4.79 Å². The van der Waals surface area contributed by atoms with Crippen LogP contribution in [0.1, 0.15) is 25.5 Å². The van der Waals surface area contributed by atoms with Crippen molar-refractivity contribution in [2.24, 2.45) is 0 Å². The number of H-pyrrole nitrogens is 1. The molecule has 6 nitrogen and oxygen atoms in total. The van der Waals surface area contributed by atoms with Crippen molar-refractivity contribution >= 4 is 22.5 Å². The molecule has 1 saturated heterocycles. The fraction of sp³-hybridized carbons (Fsp3) is 0.312. The van der Waals surface area contributed by atoms with E-state index >= 15 is 0 Å². The molecule has 1 aliphatic rings. The van der Waals surface area contributed by atoms with Crippen LogP contribution in [0.2, 0.25) is 0 Å². The first kappa shape index (κ1) is 14.5. The highest BCUT2D eigenvalue weighted by atomic mass is 32.2. The number of hydrogen-bond donors (Lipinski definition) is 1. The van der Waals surface area contributed by atoms with Crippen molar-refractivity contribution in [3.8, 4) is 0 Å². The molecule has 0 radical (unpaired) electrons. The summed E-state index contributed by atoms with van der Waals surface area (Å²) in [6, 6.07) is 5.74. The van der Waals surface area contributed by atoms with Gasteiger partial charge in [-0.15, -0.1) is 0 Å². The van der Waals surface area contributed by atoms with Crippen LogP contribution in [0.3, 0.4) is 0 Å². The minimum atomic E-state index is -0.165. The number of aromatic nitrogens is 4. The van der Waals surface area contributed by atoms with Gasteiger partial charge in [0.15, 0.2) is 0 Å². The van der Waals surface area contributed by atoms with Crippen LogP contribution >= 0.6 is 11.8 Å². The summed E-state index contributed by atoms with van der Waals surface area (Å²) in [6.45, 7) is 0.805. The van der Waals surface area contributed by atoms with Crippen molar-refractivity contribution in [1.82, 2.24) is 20.0 Å². The van der Waals surface area contributed by atoms with Gasteiger partial charge >= 0.3 is 0 Å². The average molecular weight is 328 g/mol. The Balaban J connectivity index is 1.56. The minimum absolute atomic E-state index is 0.0532. The summed E-state index contributed by atoms with van der Waals surface area (Å²) in [5.41, 5.74) is -0.165. The van der Waals surface area contributed by atoms with Crippen molar-refractivity contribution in [3.63, 3.8) is 0 Å². The molecule has 3 heterocycles. The molecule has 0 spiro atoms. The molecule has 1 atom stereocenters. The monoisotopic (exact) mass is 328 g/mol. The van der Waals surface area contributed by atoms with Gasteiger partial charge in [0, 0.05) is 23.1 Å². The fourth-order valence-electron chi connectivity index (χ4n) is 2.74. The van der Waals surface area contributed by atoms with E-state index in [1.807, 2.05) is 35.3 Å². The molecule has 23 heavy (non-hydrogen) atoms. The zero-order valence-electron chi connectivity index (χ0n) is 12.4. The van der Waals surface area contributed by atoms with Crippen molar-refractivity contribution in [1.29, 1.82) is 0 Å². The predicted octanol–water partition coefficient (Wildman–Crippen LogP) is 2.97. The lowest BCUT2D eigenvalue weighted by atomic mass is 10.2. The lowest BCUT2D eigenvalue weighted by molar-refractivity contribution is -0.0396. The van der Waals surface area contributed by atoms with Gasteiger partial charge < -0.3 is 4.74 Å². The Morgan fingerprint density at radius 3 is 3.09 bits per heavy atom. The molecule has 4 rings (SSSR count). The second-order valence-corrected chi connectivity index (χ2v) is 6.67. The van der Waals surface area contributed by atoms with Gasteiger partial charge in [0.2, 0.25) is 0 Å². The smallest absolute Gasteiger partial charge is 0.272 e. The molecule has 3 aromatic rings. The van der Waals surface area contributed by atoms with Crippen LogP contribution in [0, 0.1) is 0 Å². The summed E-state index contributed by atoms with van der Waals surface area (Å²) in [5.74, 6) is 0. The Bertz CT molecular complexity index is 883. The van der Waals surface area contributed by atoms with Crippen molar-refractivity contribution in [2.45, 2.75) is 35.3 Å². The van der Waals surface area contributed by atoms with E-state index in [1.165, 1.54) is 6.42 Å². The summed E-state index contributed by atoms with van der Waals surface area (Å²) in [6.07, 6.45) is 8.90. The minimum Gasteiger partial charge on any atom is -0.357 e. The maximum atomic E-state index is 11.7. The SMILES string of the molecule is O=c1[nH]ncc2cc(Sc3cnn(C4CCCCO4)c3)ccc12. The average Bonchev–Trinajstić information content (AvgIpc) is 3.04. The Kier molecular flexibility index (Phi) is 3.88. The van der Waals surface area contributed by atoms with Gasteiger partial charge in [-0.05, 0) is 37.5 Å². The quantitative estimate of drug-likeness (QED) is 0.800. The summed E-state index contributed by atoms with van der Waals surface area (Å²) in [7, 11) is 0. The van der Waals surface area contributed by atoms with Gasteiger partial charge in [0.05, 0.1) is 22.7 Å². The molecule has 0 amide bonds. The Morgan fingerprint density at radius 1 is 1.26 bits per heavy atom. The molecule has 118 valence electrons. The maximum absolute atomic E-state index is 11.7. The van der Waals surface area contributed by atoms with Crippen LogP contribution < -0.4 is 5.56 Å². The van der Waals surface area contributed by atoms with Gasteiger partial charge in [-0.2, -0.15) is 10.2 Å². The second-order valence-electron chi connectivity index (χ2n) is 5.53. The Morgan fingerprint density at radius 2 is 2.22 bits per heavy atom. The number of aromatic amines is 1. The van der Waals surface area contributed by atoms with Crippen LogP contribution in [-0.4, -0.2) is 26.6 Å². The molecule has 7 heteroatoms. The standard InChI is InChI=1S/C16H16N4O2S/c21-16-14-5-4-12(7-11(14)8-17-19-16)23-13-9-18-20(10-13)15-3-1-2-6-22-15/h4-5,7-10,15H,1-3,6H2,(H,19,21). The number of rotatable bonds is 3. The highest BCUT2D eigenvalue weighted by molar-refractivity contribution is 7.99. The second kappa shape index (κ2) is 6.17. The summed E-state index contributed by atoms with van der Waals surface area (Å²) >= 11 is 1.61. The zero-order valence-corrected chi connectivity index (χ0v) is 13.3. The van der Waals surface area contributed by atoms with Crippen LogP contribution in [0.5, 0.6) is 0 Å². The summed E-state index contributed by atoms with van der Waals surface area (Å²) in [4.78, 5) is 13.8. The predicted molar refractivity (Wildman–Crippen MR) is 87.6 cm³/mol. The van der Waals surface area contributed by atoms with Crippen molar-refractivity contribution in [2.75, 3.05) is 6.61 Å². The van der Waals surface area contributed by atoms with E-state index in [0.717, 1.165) is 34.6 Å². The molecule has 1 aromatic carbocycles. The highest BCUT2D eigenvalue weighted by Gasteiger charge is 2.16. The third-order valence-electron chi connectivity index (χ3n) is 3.90. The number of ether oxygens (including phenoxy) is 1. The van der Waals surface area contributed by atoms with E-state index in [-0.39, 0.29) is 11.8 Å². The van der Waals surface area contributed by atoms with E-state index in [0.29, 0.717) is 5.39 Å². The first-order chi connectivity index (χ1) is 11.3. The molecule has 1 N–H and O–H groups in total. The largest absolute Gasteiger partial charge is 0.357 e. The summed E-state index contributed by atoms with van der Waals surface area (Å²) in [5, 5.41) is 12.2. The first-order valence-corrected chi connectivity index (χ1v) is 8.42. The fourth-order valence-corrected chi connectivity index (χ4v) is 3.59. The third kappa shape index (κ3) is 3.02. The molecule has 1 aliphatic heterocycles. The van der Waals surface area contributed by atoms with Gasteiger partial charge in [0.1, 0.15) is 6.23 Å². The van der Waals surface area contributed by atoms with Gasteiger partial charge in [-0.25, -0.2) is 9.78 Å². The topological polar surface area (TPSA) is 72.8 Å². The lowest BCUT2D eigenvalue weighted by Crippen LogP contribution is -2.18. The number of nitrogens with one attached hydrogen (secondary N) is 1. The lowest BCUT2D eigenvalue weighted by Gasteiger charge is -2.22.